The van der Waals surface area contributed by atoms with E-state index in [-0.39, 0.29) is 21.9 Å². The Balaban J connectivity index is 3.07. The van der Waals surface area contributed by atoms with Gasteiger partial charge in [0.1, 0.15) is 0 Å². The Bertz CT molecular complexity index is 609. The molecule has 0 bridgehead atoms. The first kappa shape index (κ1) is 16.5. The van der Waals surface area contributed by atoms with E-state index in [2.05, 4.69) is 5.32 Å². The molecule has 20 heavy (non-hydrogen) atoms. The van der Waals surface area contributed by atoms with E-state index in [1.54, 1.807) is 0 Å². The minimum absolute atomic E-state index is 0.00412. The normalized spacial score (nSPS) is 12.2. The van der Waals surface area contributed by atoms with Crippen LogP contribution in [0.25, 0.3) is 0 Å². The van der Waals surface area contributed by atoms with Crippen molar-refractivity contribution in [2.75, 3.05) is 18.1 Å². The highest BCUT2D eigenvalue weighted by molar-refractivity contribution is 7.90. The van der Waals surface area contributed by atoms with E-state index in [1.807, 2.05) is 0 Å². The first-order valence-electron chi connectivity index (χ1n) is 5.66. The highest BCUT2D eigenvalue weighted by Gasteiger charge is 2.26. The third kappa shape index (κ3) is 4.84. The summed E-state index contributed by atoms with van der Waals surface area (Å²) in [6.07, 6.45) is -4.48. The lowest BCUT2D eigenvalue weighted by atomic mass is 10.1. The molecule has 0 radical (unpaired) electrons. The molecule has 0 spiro atoms. The van der Waals surface area contributed by atoms with Gasteiger partial charge in [-0.25, -0.2) is 8.42 Å². The molecule has 8 heteroatoms. The van der Waals surface area contributed by atoms with Crippen molar-refractivity contribution in [3.63, 3.8) is 0 Å². The van der Waals surface area contributed by atoms with E-state index >= 15 is 0 Å². The summed E-state index contributed by atoms with van der Waals surface area (Å²) < 4.78 is 59.4. The molecular formula is C12H14F3NO3S. The van der Waals surface area contributed by atoms with Gasteiger partial charge < -0.3 is 5.32 Å². The summed E-state index contributed by atoms with van der Waals surface area (Å²) in [6.45, 7) is 0.822. The van der Waals surface area contributed by atoms with Gasteiger partial charge in [-0.3, -0.25) is 4.79 Å². The number of halogens is 3. The highest BCUT2D eigenvalue weighted by Crippen LogP contribution is 2.25. The van der Waals surface area contributed by atoms with Gasteiger partial charge in [-0.1, -0.05) is 0 Å². The second-order valence-corrected chi connectivity index (χ2v) is 6.32. The molecule has 1 N–H and O–H groups in total. The molecule has 0 aliphatic heterocycles. The molecule has 0 heterocycles. The van der Waals surface area contributed by atoms with Crippen molar-refractivity contribution in [3.05, 3.63) is 23.8 Å². The Morgan fingerprint density at radius 3 is 2.35 bits per heavy atom. The molecule has 0 aliphatic rings. The molecule has 0 aromatic heterocycles. The lowest BCUT2D eigenvalue weighted by Gasteiger charge is -2.13. The zero-order valence-electron chi connectivity index (χ0n) is 10.9. The highest BCUT2D eigenvalue weighted by atomic mass is 32.2. The van der Waals surface area contributed by atoms with Gasteiger partial charge in [0.15, 0.2) is 15.6 Å². The minimum Gasteiger partial charge on any atom is -0.384 e. The summed E-state index contributed by atoms with van der Waals surface area (Å²) in [4.78, 5) is 11.1. The second-order valence-electron chi connectivity index (χ2n) is 4.33. The van der Waals surface area contributed by atoms with Gasteiger partial charge in [-0.2, -0.15) is 13.2 Å². The summed E-state index contributed by atoms with van der Waals surface area (Å²) >= 11 is 0. The van der Waals surface area contributed by atoms with Crippen molar-refractivity contribution in [3.8, 4) is 0 Å². The lowest BCUT2D eigenvalue weighted by molar-refractivity contribution is -0.131. The number of carbonyl (C=O) groups excluding carboxylic acids is 1. The minimum atomic E-state index is -4.34. The summed E-state index contributed by atoms with van der Waals surface area (Å²) in [5.41, 5.74) is 0.233. The summed E-state index contributed by atoms with van der Waals surface area (Å²) in [7, 11) is -3.60. The van der Waals surface area contributed by atoms with E-state index in [0.29, 0.717) is 0 Å². The summed E-state index contributed by atoms with van der Waals surface area (Å²) in [5, 5.41) is 2.42. The number of sulfone groups is 1. The first-order valence-corrected chi connectivity index (χ1v) is 7.55. The Hall–Kier alpha value is -1.57. The maximum atomic E-state index is 12.1. The molecule has 0 saturated carbocycles. The quantitative estimate of drug-likeness (QED) is 0.849. The maximum absolute atomic E-state index is 12.1. The molecule has 1 aromatic carbocycles. The van der Waals surface area contributed by atoms with Crippen molar-refractivity contribution in [2.45, 2.75) is 24.4 Å². The summed E-state index contributed by atoms with van der Waals surface area (Å²) in [6, 6.07) is 3.78. The molecule has 0 unspecified atom stereocenters. The molecule has 0 aliphatic carbocycles. The molecule has 0 atom stereocenters. The molecule has 0 fully saturated rings. The van der Waals surface area contributed by atoms with Gasteiger partial charge in [0.2, 0.25) is 0 Å². The fourth-order valence-corrected chi connectivity index (χ4v) is 2.40. The molecule has 4 nitrogen and oxygen atoms in total. The Kier molecular flexibility index (Phi) is 4.80. The average molecular weight is 309 g/mol. The Labute approximate surface area is 114 Å². The number of anilines is 1. The molecule has 1 aromatic rings. The average Bonchev–Trinajstić information content (AvgIpc) is 2.25. The monoisotopic (exact) mass is 309 g/mol. The van der Waals surface area contributed by atoms with E-state index in [0.717, 1.165) is 6.26 Å². The van der Waals surface area contributed by atoms with Gasteiger partial charge in [-0.05, 0) is 25.1 Å². The molecular weight excluding hydrogens is 295 g/mol. The van der Waals surface area contributed by atoms with E-state index in [9.17, 15) is 26.4 Å². The van der Waals surface area contributed by atoms with Gasteiger partial charge in [0.05, 0.1) is 17.0 Å². The standard InChI is InChI=1S/C12H14F3NO3S/c1-8(17)9-3-4-11(20(2,18)19)10(7-9)16-6-5-12(13,14)15/h3-4,7,16H,5-6H2,1-2H3. The third-order valence-corrected chi connectivity index (χ3v) is 3.66. The van der Waals surface area contributed by atoms with E-state index < -0.39 is 29.0 Å². The van der Waals surface area contributed by atoms with Gasteiger partial charge in [0, 0.05) is 18.4 Å². The predicted molar refractivity (Wildman–Crippen MR) is 68.7 cm³/mol. The fourth-order valence-electron chi connectivity index (χ4n) is 1.55. The van der Waals surface area contributed by atoms with Crippen molar-refractivity contribution >= 4 is 21.3 Å². The molecule has 112 valence electrons. The zero-order chi connectivity index (χ0) is 15.6. The van der Waals surface area contributed by atoms with Crippen LogP contribution in [0, 0.1) is 0 Å². The summed E-state index contributed by atoms with van der Waals surface area (Å²) in [5.74, 6) is -0.302. The number of nitrogens with one attached hydrogen (secondary N) is 1. The van der Waals surface area contributed by atoms with Crippen LogP contribution in [0.4, 0.5) is 18.9 Å². The number of hydrogen-bond acceptors (Lipinski definition) is 4. The fraction of sp³-hybridized carbons (Fsp3) is 0.417. The van der Waals surface area contributed by atoms with Crippen molar-refractivity contribution in [1.29, 1.82) is 0 Å². The number of hydrogen-bond donors (Lipinski definition) is 1. The van der Waals surface area contributed by atoms with Crippen molar-refractivity contribution in [2.24, 2.45) is 0 Å². The number of benzene rings is 1. The number of Topliss-reactive ketones (excluding diaryl/α,β-unsaturated/α-hetero) is 1. The predicted octanol–water partition coefficient (Wildman–Crippen LogP) is 2.66. The Morgan fingerprint density at radius 1 is 1.30 bits per heavy atom. The van der Waals surface area contributed by atoms with E-state index in [1.165, 1.54) is 25.1 Å². The van der Waals surface area contributed by atoms with Gasteiger partial charge in [-0.15, -0.1) is 0 Å². The first-order chi connectivity index (χ1) is 9.00. The number of ketones is 1. The van der Waals surface area contributed by atoms with Crippen LogP contribution in [0.15, 0.2) is 23.1 Å². The molecule has 0 saturated heterocycles. The largest absolute Gasteiger partial charge is 0.390 e. The van der Waals surface area contributed by atoms with Crippen LogP contribution in [0.3, 0.4) is 0 Å². The van der Waals surface area contributed by atoms with E-state index in [4.69, 9.17) is 0 Å². The van der Waals surface area contributed by atoms with Crippen molar-refractivity contribution < 1.29 is 26.4 Å². The van der Waals surface area contributed by atoms with Crippen LogP contribution < -0.4 is 5.32 Å². The zero-order valence-corrected chi connectivity index (χ0v) is 11.7. The third-order valence-electron chi connectivity index (χ3n) is 2.51. The molecule has 1 rings (SSSR count). The second kappa shape index (κ2) is 5.82. The van der Waals surface area contributed by atoms with Crippen LogP contribution in [-0.4, -0.2) is 33.2 Å². The number of carbonyl (C=O) groups is 1. The SMILES string of the molecule is CC(=O)c1ccc(S(C)(=O)=O)c(NCCC(F)(F)F)c1. The topological polar surface area (TPSA) is 63.2 Å². The van der Waals surface area contributed by atoms with Crippen molar-refractivity contribution in [1.82, 2.24) is 0 Å². The van der Waals surface area contributed by atoms with Crippen LogP contribution in [0.1, 0.15) is 23.7 Å². The van der Waals surface area contributed by atoms with Crippen LogP contribution in [0.5, 0.6) is 0 Å². The maximum Gasteiger partial charge on any atom is 0.390 e. The number of rotatable bonds is 5. The molecule has 0 amide bonds. The smallest absolute Gasteiger partial charge is 0.384 e. The lowest BCUT2D eigenvalue weighted by Crippen LogP contribution is -2.16. The van der Waals surface area contributed by atoms with Crippen LogP contribution in [0.2, 0.25) is 0 Å². The van der Waals surface area contributed by atoms with Crippen LogP contribution >= 0.6 is 0 Å². The number of alkyl halides is 3. The Morgan fingerprint density at radius 2 is 1.90 bits per heavy atom. The van der Waals surface area contributed by atoms with Gasteiger partial charge >= 0.3 is 6.18 Å². The van der Waals surface area contributed by atoms with Crippen LogP contribution in [-0.2, 0) is 9.84 Å². The van der Waals surface area contributed by atoms with Gasteiger partial charge in [0.25, 0.3) is 0 Å².